The molecule has 3 aliphatic carbocycles. The molecule has 3 aliphatic rings. The Bertz CT molecular complexity index is 819. The molecule has 184 valence electrons. The predicted octanol–water partition coefficient (Wildman–Crippen LogP) is 7.93. The zero-order chi connectivity index (χ0) is 24.1. The van der Waals surface area contributed by atoms with Gasteiger partial charge in [-0.3, -0.25) is 9.78 Å². The van der Waals surface area contributed by atoms with Gasteiger partial charge in [-0.15, -0.1) is 0 Å². The van der Waals surface area contributed by atoms with Crippen LogP contribution in [-0.2, 0) is 13.7 Å². The molecular weight excluding hydrogens is 545 g/mol. The van der Waals surface area contributed by atoms with Crippen molar-refractivity contribution in [3.63, 3.8) is 0 Å². The first-order valence-electron chi connectivity index (χ1n) is 12.5. The minimum Gasteiger partial charge on any atom is -0.469 e. The third-order valence-corrected chi connectivity index (χ3v) is 10.0. The number of halogens is 1. The molecule has 1 aromatic rings. The van der Waals surface area contributed by atoms with Gasteiger partial charge in [0.25, 0.3) is 0 Å². The molecule has 0 N–H and O–H groups in total. The molecule has 4 rings (SSSR count). The van der Waals surface area contributed by atoms with Crippen LogP contribution in [0.15, 0.2) is 30.6 Å². The fourth-order valence-electron chi connectivity index (χ4n) is 7.32. The van der Waals surface area contributed by atoms with Crippen LogP contribution in [0.1, 0.15) is 78.2 Å². The summed E-state index contributed by atoms with van der Waals surface area (Å²) < 4.78 is 10.8. The zero-order valence-electron chi connectivity index (χ0n) is 20.8. The van der Waals surface area contributed by atoms with Crippen molar-refractivity contribution in [2.45, 2.75) is 72.6 Å². The first-order chi connectivity index (χ1) is 15.9. The Morgan fingerprint density at radius 3 is 2.70 bits per heavy atom. The molecule has 4 nitrogen and oxygen atoms in total. The van der Waals surface area contributed by atoms with E-state index in [1.165, 1.54) is 59.6 Å². The van der Waals surface area contributed by atoms with Crippen LogP contribution in [-0.4, -0.2) is 24.7 Å². The molecule has 0 bridgehead atoms. The molecule has 1 heterocycles. The monoisotopic (exact) mass is 585 g/mol. The maximum atomic E-state index is 12.0. The van der Waals surface area contributed by atoms with Crippen LogP contribution < -0.4 is 0 Å². The van der Waals surface area contributed by atoms with Crippen LogP contribution in [0.25, 0.3) is 5.57 Å². The summed E-state index contributed by atoms with van der Waals surface area (Å²) in [5, 5.41) is 0. The summed E-state index contributed by atoms with van der Waals surface area (Å²) in [5.41, 5.74) is 3.14. The van der Waals surface area contributed by atoms with Crippen molar-refractivity contribution >= 4 is 42.0 Å². The summed E-state index contributed by atoms with van der Waals surface area (Å²) in [6.45, 7) is 9.70. The number of esters is 1. The molecule has 6 heteroatoms. The second-order valence-corrected chi connectivity index (χ2v) is 11.6. The van der Waals surface area contributed by atoms with Crippen LogP contribution in [0.4, 0.5) is 0 Å². The smallest absolute Gasteiger partial charge is 0.305 e. The Morgan fingerprint density at radius 2 is 2.03 bits per heavy atom. The van der Waals surface area contributed by atoms with E-state index >= 15 is 0 Å². The number of carbonyl (C=O) groups is 1. The van der Waals surface area contributed by atoms with E-state index < -0.39 is 0 Å². The zero-order valence-corrected chi connectivity index (χ0v) is 23.8. The van der Waals surface area contributed by atoms with Crippen molar-refractivity contribution in [1.29, 1.82) is 0 Å². The Hall–Kier alpha value is -0.600. The Kier molecular flexibility index (Phi) is 9.73. The molecule has 0 radical (unpaired) electrons. The topological polar surface area (TPSA) is 48.4 Å². The molecule has 0 spiro atoms. The highest BCUT2D eigenvalue weighted by Crippen LogP contribution is 2.66. The molecule has 0 saturated heterocycles. The van der Waals surface area contributed by atoms with Gasteiger partial charge in [0.2, 0.25) is 0 Å². The van der Waals surface area contributed by atoms with Crippen molar-refractivity contribution in [3.8, 4) is 0 Å². The minimum absolute atomic E-state index is 0.0895. The van der Waals surface area contributed by atoms with Crippen molar-refractivity contribution in [2.24, 2.45) is 34.5 Å². The van der Waals surface area contributed by atoms with Gasteiger partial charge < -0.3 is 8.92 Å². The molecular formula is C27H40INO3S. The molecule has 1 aromatic heterocycles. The molecule has 2 saturated carbocycles. The van der Waals surface area contributed by atoms with Gasteiger partial charge in [0.1, 0.15) is 0 Å². The van der Waals surface area contributed by atoms with E-state index in [0.29, 0.717) is 30.1 Å². The van der Waals surface area contributed by atoms with Gasteiger partial charge >= 0.3 is 5.97 Å². The number of methoxy groups -OCH3 is 1. The number of hydrogen-bond acceptors (Lipinski definition) is 5. The third kappa shape index (κ3) is 5.32. The number of pyridine rings is 1. The van der Waals surface area contributed by atoms with Crippen molar-refractivity contribution in [3.05, 3.63) is 36.2 Å². The lowest BCUT2D eigenvalue weighted by Gasteiger charge is -2.59. The average molecular weight is 586 g/mol. The van der Waals surface area contributed by atoms with E-state index in [0.717, 1.165) is 13.0 Å². The predicted molar refractivity (Wildman–Crippen MR) is 146 cm³/mol. The number of rotatable bonds is 7. The molecule has 6 unspecified atom stereocenters. The Labute approximate surface area is 216 Å². The lowest BCUT2D eigenvalue weighted by Crippen LogP contribution is -2.52. The fourth-order valence-corrected chi connectivity index (χ4v) is 7.97. The Morgan fingerprint density at radius 1 is 1.24 bits per heavy atom. The van der Waals surface area contributed by atoms with E-state index in [9.17, 15) is 4.79 Å². The first-order valence-corrected chi connectivity index (χ1v) is 15.8. The van der Waals surface area contributed by atoms with Crippen molar-refractivity contribution in [2.75, 3.05) is 13.7 Å². The quantitative estimate of drug-likeness (QED) is 0.185. The van der Waals surface area contributed by atoms with Gasteiger partial charge in [0.15, 0.2) is 0 Å². The largest absolute Gasteiger partial charge is 0.469 e. The average Bonchev–Trinajstić information content (AvgIpc) is 3.21. The summed E-state index contributed by atoms with van der Waals surface area (Å²) in [7, 11) is 2.93. The lowest BCUT2D eigenvalue weighted by molar-refractivity contribution is -0.143. The summed E-state index contributed by atoms with van der Waals surface area (Å²) in [5.74, 6) is 2.43. The maximum Gasteiger partial charge on any atom is 0.305 e. The number of carbonyl (C=O) groups excluding carboxylic acids is 1. The van der Waals surface area contributed by atoms with Gasteiger partial charge in [-0.1, -0.05) is 39.8 Å². The number of ether oxygens (including phenoxy) is 1. The summed E-state index contributed by atoms with van der Waals surface area (Å²) in [4.78, 5) is 16.4. The van der Waals surface area contributed by atoms with Crippen LogP contribution >= 0.6 is 30.4 Å². The molecule has 2 fully saturated rings. The molecule has 33 heavy (non-hydrogen) atoms. The first kappa shape index (κ1) is 27.0. The number of fused-ring (bicyclic) bond motifs is 3. The van der Waals surface area contributed by atoms with E-state index in [1.807, 2.05) is 26.2 Å². The summed E-state index contributed by atoms with van der Waals surface area (Å²) >= 11 is 2.21. The van der Waals surface area contributed by atoms with Crippen LogP contribution in [0.5, 0.6) is 0 Å². The second kappa shape index (κ2) is 11.9. The molecule has 0 aliphatic heterocycles. The van der Waals surface area contributed by atoms with Gasteiger partial charge in [-0.2, -0.15) is 0 Å². The molecule has 6 atom stereocenters. The normalized spacial score (nSPS) is 34.9. The van der Waals surface area contributed by atoms with Crippen LogP contribution in [0.2, 0.25) is 0 Å². The van der Waals surface area contributed by atoms with Gasteiger partial charge in [-0.05, 0) is 90.2 Å². The van der Waals surface area contributed by atoms with E-state index in [4.69, 9.17) is 8.92 Å². The maximum absolute atomic E-state index is 12.0. The minimum atomic E-state index is -0.0895. The highest BCUT2D eigenvalue weighted by molar-refractivity contribution is 14.2. The molecule has 0 amide bonds. The van der Waals surface area contributed by atoms with E-state index in [2.05, 4.69) is 58.2 Å². The van der Waals surface area contributed by atoms with Gasteiger partial charge in [0, 0.05) is 40.0 Å². The van der Waals surface area contributed by atoms with Gasteiger partial charge in [-0.25, -0.2) is 0 Å². The lowest BCUT2D eigenvalue weighted by atomic mass is 9.46. The molecule has 0 aromatic carbocycles. The summed E-state index contributed by atoms with van der Waals surface area (Å²) in [6.07, 6.45) is 13.8. The van der Waals surface area contributed by atoms with Crippen LogP contribution in [0, 0.1) is 34.5 Å². The highest BCUT2D eigenvalue weighted by atomic mass is 127. The number of aromatic nitrogens is 1. The number of allylic oxidation sites excluding steroid dienone is 2. The van der Waals surface area contributed by atoms with E-state index in [-0.39, 0.29) is 16.8 Å². The highest BCUT2D eigenvalue weighted by Gasteiger charge is 2.57. The van der Waals surface area contributed by atoms with Crippen molar-refractivity contribution < 1.29 is 13.7 Å². The van der Waals surface area contributed by atoms with Crippen LogP contribution in [0.3, 0.4) is 0 Å². The SMILES string of the molecule is CC.COC(=O)CCC1(C)C(COSI)CCC2C3CC=C(c4cccnc4)C3(C)CCC21. The summed E-state index contributed by atoms with van der Waals surface area (Å²) in [6, 6.07) is 4.27. The van der Waals surface area contributed by atoms with Gasteiger partial charge in [0.05, 0.1) is 22.9 Å². The standard InChI is InChI=1S/C25H34INO3S.C2H6/c1-24(13-11-23(28)29-3)18(16-30-31-26)6-7-19-21-9-8-20(17-5-4-14-27-15-17)25(21,2)12-10-22(19)24;1-2/h4-5,8,14-15,18-19,21-22H,6-7,9-13,16H2,1-3H3;1-2H3. The fraction of sp³-hybridized carbons (Fsp3) is 0.704. The van der Waals surface area contributed by atoms with E-state index in [1.54, 1.807) is 0 Å². The third-order valence-electron chi connectivity index (χ3n) is 9.03. The Balaban J connectivity index is 0.00000149. The number of nitrogens with zero attached hydrogens (tertiary/aromatic N) is 1. The second-order valence-electron chi connectivity index (χ2n) is 10.1. The van der Waals surface area contributed by atoms with Crippen molar-refractivity contribution in [1.82, 2.24) is 4.98 Å². The number of hydrogen-bond donors (Lipinski definition) is 0.